The zero-order valence-electron chi connectivity index (χ0n) is 8.80. The van der Waals surface area contributed by atoms with Crippen molar-refractivity contribution in [3.05, 3.63) is 35.9 Å². The van der Waals surface area contributed by atoms with E-state index in [1.54, 1.807) is 0 Å². The molecule has 2 aliphatic heterocycles. The summed E-state index contributed by atoms with van der Waals surface area (Å²) in [6.07, 6.45) is 3.26. The van der Waals surface area contributed by atoms with Crippen LogP contribution in [0.1, 0.15) is 24.3 Å². The van der Waals surface area contributed by atoms with Gasteiger partial charge in [-0.3, -0.25) is 0 Å². The van der Waals surface area contributed by atoms with E-state index in [2.05, 4.69) is 30.3 Å². The van der Waals surface area contributed by atoms with E-state index in [0.29, 0.717) is 24.0 Å². The monoisotopic (exact) mass is 203 g/mol. The Morgan fingerprint density at radius 3 is 2.60 bits per heavy atom. The molecule has 0 aliphatic carbocycles. The second-order valence-corrected chi connectivity index (χ2v) is 4.63. The van der Waals surface area contributed by atoms with Crippen molar-refractivity contribution in [1.82, 2.24) is 0 Å². The Balaban J connectivity index is 1.92. The minimum atomic E-state index is 0.421. The third-order valence-corrected chi connectivity index (χ3v) is 3.88. The highest BCUT2D eigenvalue weighted by Crippen LogP contribution is 2.48. The van der Waals surface area contributed by atoms with E-state index in [-0.39, 0.29) is 0 Å². The van der Waals surface area contributed by atoms with Gasteiger partial charge in [-0.1, -0.05) is 30.3 Å². The Morgan fingerprint density at radius 1 is 1.13 bits per heavy atom. The molecule has 2 aliphatic rings. The molecule has 2 nitrogen and oxygen atoms in total. The van der Waals surface area contributed by atoms with Crippen LogP contribution in [-0.4, -0.2) is 18.8 Å². The molecule has 2 heterocycles. The highest BCUT2D eigenvalue weighted by atomic mass is 16.5. The molecule has 4 atom stereocenters. The van der Waals surface area contributed by atoms with Gasteiger partial charge in [-0.15, -0.1) is 0 Å². The summed E-state index contributed by atoms with van der Waals surface area (Å²) in [6.45, 7) is 0.751. The molecular formula is C13H17NO. The molecule has 80 valence electrons. The molecule has 0 radical (unpaired) electrons. The van der Waals surface area contributed by atoms with Gasteiger partial charge >= 0.3 is 0 Å². The van der Waals surface area contributed by atoms with Gasteiger partial charge in [-0.25, -0.2) is 0 Å². The molecule has 4 unspecified atom stereocenters. The summed E-state index contributed by atoms with van der Waals surface area (Å²) < 4.78 is 5.96. The lowest BCUT2D eigenvalue weighted by Gasteiger charge is -2.27. The van der Waals surface area contributed by atoms with Crippen LogP contribution in [0.4, 0.5) is 0 Å². The van der Waals surface area contributed by atoms with Crippen molar-refractivity contribution >= 4 is 0 Å². The highest BCUT2D eigenvalue weighted by molar-refractivity contribution is 5.25. The second-order valence-electron chi connectivity index (χ2n) is 4.63. The molecule has 1 aromatic rings. The molecule has 1 aromatic carbocycles. The van der Waals surface area contributed by atoms with Crippen molar-refractivity contribution in [1.29, 1.82) is 0 Å². The predicted molar refractivity (Wildman–Crippen MR) is 59.6 cm³/mol. The van der Waals surface area contributed by atoms with Crippen LogP contribution in [-0.2, 0) is 4.74 Å². The van der Waals surface area contributed by atoms with Crippen LogP contribution in [0.2, 0.25) is 0 Å². The Labute approximate surface area is 90.4 Å². The van der Waals surface area contributed by atoms with E-state index in [9.17, 15) is 0 Å². The van der Waals surface area contributed by atoms with Gasteiger partial charge in [-0.2, -0.15) is 0 Å². The van der Waals surface area contributed by atoms with Crippen molar-refractivity contribution < 1.29 is 4.74 Å². The molecule has 2 saturated heterocycles. The summed E-state index contributed by atoms with van der Waals surface area (Å²) in [6, 6.07) is 10.7. The third-order valence-electron chi connectivity index (χ3n) is 3.88. The average Bonchev–Trinajstić information content (AvgIpc) is 2.89. The van der Waals surface area contributed by atoms with E-state index in [4.69, 9.17) is 10.5 Å². The molecule has 15 heavy (non-hydrogen) atoms. The predicted octanol–water partition coefficient (Wildman–Crippen LogP) is 1.91. The van der Waals surface area contributed by atoms with Gasteiger partial charge in [0.2, 0.25) is 0 Å². The lowest BCUT2D eigenvalue weighted by atomic mass is 9.75. The Hall–Kier alpha value is -0.860. The first-order valence-electron chi connectivity index (χ1n) is 5.80. The Kier molecular flexibility index (Phi) is 2.26. The van der Waals surface area contributed by atoms with Gasteiger partial charge in [0, 0.05) is 11.8 Å². The molecule has 0 aromatic heterocycles. The lowest BCUT2D eigenvalue weighted by Crippen LogP contribution is -2.31. The van der Waals surface area contributed by atoms with Crippen molar-refractivity contribution in [2.45, 2.75) is 31.0 Å². The molecule has 2 bridgehead atoms. The zero-order chi connectivity index (χ0) is 10.3. The molecule has 0 amide bonds. The maximum Gasteiger partial charge on any atom is 0.0652 e. The molecule has 3 rings (SSSR count). The number of fused-ring (bicyclic) bond motifs is 2. The van der Waals surface area contributed by atoms with Crippen LogP contribution < -0.4 is 5.73 Å². The molecular weight excluding hydrogens is 186 g/mol. The summed E-state index contributed by atoms with van der Waals surface area (Å²) in [5, 5.41) is 0. The molecule has 0 spiro atoms. The van der Waals surface area contributed by atoms with Crippen LogP contribution >= 0.6 is 0 Å². The maximum atomic E-state index is 5.96. The third kappa shape index (κ3) is 1.40. The quantitative estimate of drug-likeness (QED) is 0.796. The molecule has 2 heteroatoms. The fraction of sp³-hybridized carbons (Fsp3) is 0.538. The standard InChI is InChI=1S/C13H17NO/c14-8-10-11-6-7-12(15-11)13(10)9-4-2-1-3-5-9/h1-5,10-13H,6-8,14H2. The van der Waals surface area contributed by atoms with E-state index in [1.807, 2.05) is 0 Å². The zero-order valence-corrected chi connectivity index (χ0v) is 8.80. The van der Waals surface area contributed by atoms with Crippen molar-refractivity contribution in [2.75, 3.05) is 6.54 Å². The van der Waals surface area contributed by atoms with Crippen LogP contribution in [0.25, 0.3) is 0 Å². The fourth-order valence-electron chi connectivity index (χ4n) is 3.21. The van der Waals surface area contributed by atoms with Gasteiger partial charge in [0.05, 0.1) is 12.2 Å². The molecule has 2 N–H and O–H groups in total. The fourth-order valence-corrected chi connectivity index (χ4v) is 3.21. The van der Waals surface area contributed by atoms with Gasteiger partial charge in [0.25, 0.3) is 0 Å². The van der Waals surface area contributed by atoms with Crippen molar-refractivity contribution in [2.24, 2.45) is 11.7 Å². The van der Waals surface area contributed by atoms with Gasteiger partial charge < -0.3 is 10.5 Å². The summed E-state index contributed by atoms with van der Waals surface area (Å²) in [5.41, 5.74) is 7.27. The number of hydrogen-bond acceptors (Lipinski definition) is 2. The molecule has 2 fully saturated rings. The van der Waals surface area contributed by atoms with Crippen LogP contribution in [0.5, 0.6) is 0 Å². The van der Waals surface area contributed by atoms with Gasteiger partial charge in [0.15, 0.2) is 0 Å². The maximum absolute atomic E-state index is 5.96. The topological polar surface area (TPSA) is 35.2 Å². The number of rotatable bonds is 2. The SMILES string of the molecule is NCC1C2CCC(O2)C1c1ccccc1. The summed E-state index contributed by atoms with van der Waals surface area (Å²) in [5.74, 6) is 1.07. The molecule has 0 saturated carbocycles. The number of nitrogens with two attached hydrogens (primary N) is 1. The largest absolute Gasteiger partial charge is 0.374 e. The summed E-state index contributed by atoms with van der Waals surface area (Å²) >= 11 is 0. The summed E-state index contributed by atoms with van der Waals surface area (Å²) in [4.78, 5) is 0. The van der Waals surface area contributed by atoms with Crippen LogP contribution in [0, 0.1) is 5.92 Å². The first-order chi connectivity index (χ1) is 7.40. The Morgan fingerprint density at radius 2 is 1.87 bits per heavy atom. The number of benzene rings is 1. The van der Waals surface area contributed by atoms with Crippen molar-refractivity contribution in [3.8, 4) is 0 Å². The van der Waals surface area contributed by atoms with E-state index < -0.39 is 0 Å². The average molecular weight is 203 g/mol. The highest BCUT2D eigenvalue weighted by Gasteiger charge is 2.48. The van der Waals surface area contributed by atoms with E-state index >= 15 is 0 Å². The number of hydrogen-bond donors (Lipinski definition) is 1. The van der Waals surface area contributed by atoms with E-state index in [0.717, 1.165) is 6.54 Å². The lowest BCUT2D eigenvalue weighted by molar-refractivity contribution is 0.0918. The normalized spacial score (nSPS) is 38.5. The minimum Gasteiger partial charge on any atom is -0.374 e. The second kappa shape index (κ2) is 3.62. The first kappa shape index (κ1) is 9.37. The van der Waals surface area contributed by atoms with Crippen molar-refractivity contribution in [3.63, 3.8) is 0 Å². The first-order valence-corrected chi connectivity index (χ1v) is 5.80. The number of ether oxygens (including phenoxy) is 1. The van der Waals surface area contributed by atoms with Crippen LogP contribution in [0.15, 0.2) is 30.3 Å². The van der Waals surface area contributed by atoms with Gasteiger partial charge in [0.1, 0.15) is 0 Å². The minimum absolute atomic E-state index is 0.421. The van der Waals surface area contributed by atoms with Crippen LogP contribution in [0.3, 0.4) is 0 Å². The summed E-state index contributed by atoms with van der Waals surface area (Å²) in [7, 11) is 0. The van der Waals surface area contributed by atoms with Gasteiger partial charge in [-0.05, 0) is 24.9 Å². The van der Waals surface area contributed by atoms with E-state index in [1.165, 1.54) is 18.4 Å². The smallest absolute Gasteiger partial charge is 0.0652 e. The Bertz CT molecular complexity index is 338.